The second kappa shape index (κ2) is 6.61. The van der Waals surface area contributed by atoms with Gasteiger partial charge in [-0.2, -0.15) is 0 Å². The molecule has 0 saturated carbocycles. The van der Waals surface area contributed by atoms with E-state index in [2.05, 4.69) is 32.6 Å². The molecule has 0 saturated heterocycles. The van der Waals surface area contributed by atoms with Crippen LogP contribution in [0.5, 0.6) is 0 Å². The van der Waals surface area contributed by atoms with Crippen LogP contribution in [0, 0.1) is 17.3 Å². The normalized spacial score (nSPS) is 12.9. The number of halogens is 1. The van der Waals surface area contributed by atoms with Gasteiger partial charge in [0.25, 0.3) is 0 Å². The minimum Gasteiger partial charge on any atom is -0.302 e. The molecule has 0 aromatic carbocycles. The van der Waals surface area contributed by atoms with Crippen LogP contribution in [0.15, 0.2) is 0 Å². The first-order valence-corrected chi connectivity index (χ1v) is 6.45. The molecule has 0 radical (unpaired) electrons. The molecule has 16 heavy (non-hydrogen) atoms. The van der Waals surface area contributed by atoms with E-state index in [1.54, 1.807) is 0 Å². The first kappa shape index (κ1) is 15.9. The fourth-order valence-corrected chi connectivity index (χ4v) is 1.92. The smallest absolute Gasteiger partial charge is 0.228 e. The Balaban J connectivity index is 4.47. The molecule has 0 atom stereocenters. The van der Waals surface area contributed by atoms with Gasteiger partial charge in [0.15, 0.2) is 0 Å². The summed E-state index contributed by atoms with van der Waals surface area (Å²) in [6, 6.07) is 0. The number of carbonyl (C=O) groups is 1. The molecule has 0 heterocycles. The van der Waals surface area contributed by atoms with Crippen LogP contribution in [0.1, 0.15) is 41.5 Å². The van der Waals surface area contributed by atoms with Crippen LogP contribution in [0.3, 0.4) is 0 Å². The van der Waals surface area contributed by atoms with E-state index in [0.29, 0.717) is 11.8 Å². The van der Waals surface area contributed by atoms with E-state index in [-0.39, 0.29) is 5.24 Å². The third-order valence-electron chi connectivity index (χ3n) is 2.40. The lowest BCUT2D eigenvalue weighted by atomic mass is 9.94. The molecular weight excluding hydrogens is 222 g/mol. The Hall–Kier alpha value is -0.0800. The third kappa shape index (κ3) is 6.49. The Morgan fingerprint density at radius 3 is 1.75 bits per heavy atom. The summed E-state index contributed by atoms with van der Waals surface area (Å²) in [5.41, 5.74) is -0.453. The second-order valence-electron chi connectivity index (χ2n) is 6.14. The van der Waals surface area contributed by atoms with E-state index in [0.717, 1.165) is 19.6 Å². The van der Waals surface area contributed by atoms with Gasteiger partial charge in [0.1, 0.15) is 0 Å². The highest BCUT2D eigenvalue weighted by Crippen LogP contribution is 2.21. The summed E-state index contributed by atoms with van der Waals surface area (Å²) in [6.07, 6.45) is 0. The molecule has 0 spiro atoms. The lowest BCUT2D eigenvalue weighted by Gasteiger charge is -2.32. The van der Waals surface area contributed by atoms with Crippen LogP contribution < -0.4 is 0 Å². The molecule has 0 N–H and O–H groups in total. The SMILES string of the molecule is CC(C)CN(CC(C)C)CC(C)(C)C(=O)Cl. The van der Waals surface area contributed by atoms with Gasteiger partial charge in [-0.15, -0.1) is 0 Å². The first-order valence-electron chi connectivity index (χ1n) is 6.07. The summed E-state index contributed by atoms with van der Waals surface area (Å²) >= 11 is 5.62. The van der Waals surface area contributed by atoms with Gasteiger partial charge in [0, 0.05) is 19.6 Å². The van der Waals surface area contributed by atoms with Crippen LogP contribution in [-0.2, 0) is 4.79 Å². The summed E-state index contributed by atoms with van der Waals surface area (Å²) in [5.74, 6) is 1.22. The highest BCUT2D eigenvalue weighted by atomic mass is 35.5. The predicted molar refractivity (Wildman–Crippen MR) is 70.8 cm³/mol. The van der Waals surface area contributed by atoms with E-state index in [9.17, 15) is 4.79 Å². The van der Waals surface area contributed by atoms with Crippen molar-refractivity contribution in [2.75, 3.05) is 19.6 Å². The van der Waals surface area contributed by atoms with Gasteiger partial charge in [0.2, 0.25) is 5.24 Å². The Morgan fingerprint density at radius 2 is 1.50 bits per heavy atom. The average molecular weight is 248 g/mol. The minimum atomic E-state index is -0.453. The highest BCUT2D eigenvalue weighted by Gasteiger charge is 2.28. The van der Waals surface area contributed by atoms with Crippen LogP contribution in [-0.4, -0.2) is 29.8 Å². The van der Waals surface area contributed by atoms with Crippen molar-refractivity contribution in [3.63, 3.8) is 0 Å². The van der Waals surface area contributed by atoms with E-state index < -0.39 is 5.41 Å². The van der Waals surface area contributed by atoms with E-state index in [1.165, 1.54) is 0 Å². The van der Waals surface area contributed by atoms with Crippen molar-refractivity contribution >= 4 is 16.8 Å². The summed E-state index contributed by atoms with van der Waals surface area (Å²) in [7, 11) is 0. The number of hydrogen-bond acceptors (Lipinski definition) is 2. The first-order chi connectivity index (χ1) is 7.15. The van der Waals surface area contributed by atoms with Crippen LogP contribution >= 0.6 is 11.6 Å². The van der Waals surface area contributed by atoms with E-state index in [4.69, 9.17) is 11.6 Å². The Kier molecular flexibility index (Phi) is 6.57. The topological polar surface area (TPSA) is 20.3 Å². The van der Waals surface area contributed by atoms with Crippen molar-refractivity contribution in [2.45, 2.75) is 41.5 Å². The maximum Gasteiger partial charge on any atom is 0.228 e. The van der Waals surface area contributed by atoms with Gasteiger partial charge in [-0.25, -0.2) is 0 Å². The van der Waals surface area contributed by atoms with E-state index in [1.807, 2.05) is 13.8 Å². The standard InChI is InChI=1S/C13H26ClNO/c1-10(2)7-15(8-11(3)4)9-13(5,6)12(14)16/h10-11H,7-9H2,1-6H3. The summed E-state index contributed by atoms with van der Waals surface area (Å²) < 4.78 is 0. The lowest BCUT2D eigenvalue weighted by molar-refractivity contribution is -0.120. The molecule has 0 aromatic heterocycles. The van der Waals surface area contributed by atoms with Crippen molar-refractivity contribution in [1.82, 2.24) is 4.90 Å². The molecule has 0 aliphatic heterocycles. The predicted octanol–water partition coefficient (Wildman–Crippen LogP) is 3.39. The molecule has 96 valence electrons. The van der Waals surface area contributed by atoms with Crippen molar-refractivity contribution < 1.29 is 4.79 Å². The number of rotatable bonds is 7. The molecule has 0 amide bonds. The Bertz CT molecular complexity index is 214. The highest BCUT2D eigenvalue weighted by molar-refractivity contribution is 6.64. The monoisotopic (exact) mass is 247 g/mol. The fraction of sp³-hybridized carbons (Fsp3) is 0.923. The van der Waals surface area contributed by atoms with Crippen LogP contribution in [0.25, 0.3) is 0 Å². The molecule has 0 fully saturated rings. The zero-order valence-corrected chi connectivity index (χ0v) is 12.3. The van der Waals surface area contributed by atoms with Crippen molar-refractivity contribution in [3.8, 4) is 0 Å². The molecule has 0 aliphatic rings. The van der Waals surface area contributed by atoms with Crippen molar-refractivity contribution in [3.05, 3.63) is 0 Å². The molecule has 0 aliphatic carbocycles. The van der Waals surface area contributed by atoms with E-state index >= 15 is 0 Å². The van der Waals surface area contributed by atoms with Gasteiger partial charge in [-0.05, 0) is 23.4 Å². The summed E-state index contributed by atoms with van der Waals surface area (Å²) in [4.78, 5) is 13.7. The molecule has 0 aromatic rings. The number of nitrogens with zero attached hydrogens (tertiary/aromatic N) is 1. The maximum absolute atomic E-state index is 11.3. The molecule has 3 heteroatoms. The average Bonchev–Trinajstić information content (AvgIpc) is 1.99. The third-order valence-corrected chi connectivity index (χ3v) is 2.91. The van der Waals surface area contributed by atoms with Gasteiger partial charge in [-0.1, -0.05) is 41.5 Å². The van der Waals surface area contributed by atoms with Crippen LogP contribution in [0.4, 0.5) is 0 Å². The zero-order valence-electron chi connectivity index (χ0n) is 11.5. The molecule has 2 nitrogen and oxygen atoms in total. The zero-order chi connectivity index (χ0) is 12.9. The van der Waals surface area contributed by atoms with Gasteiger partial charge < -0.3 is 4.90 Å². The summed E-state index contributed by atoms with van der Waals surface area (Å²) in [5, 5.41) is -0.245. The van der Waals surface area contributed by atoms with Crippen LogP contribution in [0.2, 0.25) is 0 Å². The quantitative estimate of drug-likeness (QED) is 0.643. The maximum atomic E-state index is 11.3. The minimum absolute atomic E-state index is 0.245. The lowest BCUT2D eigenvalue weighted by Crippen LogP contribution is -2.41. The molecule has 0 unspecified atom stereocenters. The molecule has 0 rings (SSSR count). The Labute approximate surface area is 105 Å². The number of hydrogen-bond donors (Lipinski definition) is 0. The van der Waals surface area contributed by atoms with Gasteiger partial charge >= 0.3 is 0 Å². The Morgan fingerprint density at radius 1 is 1.12 bits per heavy atom. The van der Waals surface area contributed by atoms with Crippen molar-refractivity contribution in [1.29, 1.82) is 0 Å². The fourth-order valence-electron chi connectivity index (χ4n) is 1.86. The molecular formula is C13H26ClNO. The van der Waals surface area contributed by atoms with Gasteiger partial charge in [0.05, 0.1) is 5.41 Å². The summed E-state index contributed by atoms with van der Waals surface area (Å²) in [6.45, 7) is 15.4. The molecule has 0 bridgehead atoms. The second-order valence-corrected chi connectivity index (χ2v) is 6.48. The van der Waals surface area contributed by atoms with Crippen molar-refractivity contribution in [2.24, 2.45) is 17.3 Å². The largest absolute Gasteiger partial charge is 0.302 e. The van der Waals surface area contributed by atoms with Gasteiger partial charge in [-0.3, -0.25) is 4.79 Å². The number of carbonyl (C=O) groups excluding carboxylic acids is 1.